The number of para-hydroxylation sites is 1. The number of carbonyl (C=O) groups is 1. The summed E-state index contributed by atoms with van der Waals surface area (Å²) in [4.78, 5) is 16.9. The number of hydrogen-bond acceptors (Lipinski definition) is 3. The lowest BCUT2D eigenvalue weighted by molar-refractivity contribution is -0.135. The Morgan fingerprint density at radius 2 is 1.96 bits per heavy atom. The molecule has 0 atom stereocenters. The zero-order valence-electron chi connectivity index (χ0n) is 14.5. The first kappa shape index (κ1) is 16.3. The van der Waals surface area contributed by atoms with Crippen LogP contribution in [0.5, 0.6) is 5.75 Å². The predicted molar refractivity (Wildman–Crippen MR) is 91.5 cm³/mol. The summed E-state index contributed by atoms with van der Waals surface area (Å²) < 4.78 is 6.52. The van der Waals surface area contributed by atoms with Crippen molar-refractivity contribution >= 4 is 5.91 Å². The Balaban J connectivity index is 1.87. The molecule has 126 valence electrons. The van der Waals surface area contributed by atoms with Gasteiger partial charge in [-0.25, -0.2) is 0 Å². The fourth-order valence-electron chi connectivity index (χ4n) is 3.72. The topological polar surface area (TPSA) is 32.8 Å². The van der Waals surface area contributed by atoms with Gasteiger partial charge in [0.05, 0.1) is 6.54 Å². The van der Waals surface area contributed by atoms with Crippen molar-refractivity contribution in [2.75, 3.05) is 19.6 Å². The molecule has 1 aromatic rings. The van der Waals surface area contributed by atoms with E-state index in [1.54, 1.807) is 0 Å². The molecule has 2 aliphatic rings. The molecule has 0 saturated carbocycles. The van der Waals surface area contributed by atoms with Crippen LogP contribution in [0.3, 0.4) is 0 Å². The van der Waals surface area contributed by atoms with Crippen LogP contribution in [-0.4, -0.2) is 47.0 Å². The number of amides is 1. The Morgan fingerprint density at radius 1 is 1.26 bits per heavy atom. The van der Waals surface area contributed by atoms with Crippen molar-refractivity contribution in [2.24, 2.45) is 0 Å². The summed E-state index contributed by atoms with van der Waals surface area (Å²) in [6.07, 6.45) is 2.51. The van der Waals surface area contributed by atoms with E-state index in [0.717, 1.165) is 37.2 Å². The van der Waals surface area contributed by atoms with E-state index < -0.39 is 0 Å². The molecule has 2 aliphatic heterocycles. The minimum Gasteiger partial charge on any atom is -0.485 e. The van der Waals surface area contributed by atoms with Crippen molar-refractivity contribution in [1.82, 2.24) is 9.80 Å². The number of carbonyl (C=O) groups excluding carboxylic acids is 1. The highest BCUT2D eigenvalue weighted by Crippen LogP contribution is 2.36. The quantitative estimate of drug-likeness (QED) is 0.840. The molecule has 4 heteroatoms. The van der Waals surface area contributed by atoms with E-state index in [4.69, 9.17) is 4.74 Å². The van der Waals surface area contributed by atoms with Crippen molar-refractivity contribution in [2.45, 2.75) is 58.2 Å². The molecule has 1 spiro atoms. The van der Waals surface area contributed by atoms with Crippen molar-refractivity contribution in [3.63, 3.8) is 0 Å². The van der Waals surface area contributed by atoms with E-state index in [1.807, 2.05) is 30.0 Å². The van der Waals surface area contributed by atoms with E-state index in [2.05, 4.69) is 24.8 Å². The Morgan fingerprint density at radius 3 is 2.61 bits per heavy atom. The maximum Gasteiger partial charge on any atom is 0.222 e. The molecule has 0 N–H and O–H groups in total. The minimum atomic E-state index is -0.233. The molecule has 1 saturated heterocycles. The van der Waals surface area contributed by atoms with Gasteiger partial charge in [-0.05, 0) is 19.9 Å². The van der Waals surface area contributed by atoms with Gasteiger partial charge in [-0.2, -0.15) is 0 Å². The number of benzene rings is 1. The number of nitrogens with zero attached hydrogens (tertiary/aromatic N) is 2. The van der Waals surface area contributed by atoms with Gasteiger partial charge in [0, 0.05) is 50.5 Å². The molecule has 0 unspecified atom stereocenters. The van der Waals surface area contributed by atoms with Crippen LogP contribution < -0.4 is 4.74 Å². The van der Waals surface area contributed by atoms with Crippen LogP contribution in [0.2, 0.25) is 0 Å². The smallest absolute Gasteiger partial charge is 0.222 e. The maximum atomic E-state index is 12.4. The number of rotatable bonds is 2. The normalized spacial score (nSPS) is 21.0. The molecule has 1 aromatic carbocycles. The van der Waals surface area contributed by atoms with Crippen LogP contribution in [0.4, 0.5) is 0 Å². The van der Waals surface area contributed by atoms with Gasteiger partial charge >= 0.3 is 0 Å². The lowest BCUT2D eigenvalue weighted by atomic mass is 9.89. The average molecular weight is 316 g/mol. The number of fused-ring (bicyclic) bond motifs is 1. The second kappa shape index (κ2) is 6.52. The van der Waals surface area contributed by atoms with Crippen molar-refractivity contribution < 1.29 is 9.53 Å². The van der Waals surface area contributed by atoms with E-state index in [1.165, 1.54) is 0 Å². The Kier molecular flexibility index (Phi) is 4.62. The minimum absolute atomic E-state index is 0.218. The molecular formula is C19H28N2O2. The molecule has 0 aliphatic carbocycles. The van der Waals surface area contributed by atoms with Gasteiger partial charge in [0.25, 0.3) is 0 Å². The molecule has 0 radical (unpaired) electrons. The van der Waals surface area contributed by atoms with Gasteiger partial charge in [0.15, 0.2) is 0 Å². The maximum absolute atomic E-state index is 12.4. The van der Waals surface area contributed by atoms with Gasteiger partial charge in [0.1, 0.15) is 11.4 Å². The highest BCUT2D eigenvalue weighted by molar-refractivity contribution is 5.76. The summed E-state index contributed by atoms with van der Waals surface area (Å²) in [5.41, 5.74) is 0.889. The van der Waals surface area contributed by atoms with E-state index >= 15 is 0 Å². The molecular weight excluding hydrogens is 288 g/mol. The van der Waals surface area contributed by atoms with Gasteiger partial charge in [-0.3, -0.25) is 4.79 Å². The molecule has 3 rings (SSSR count). The highest BCUT2D eigenvalue weighted by Gasteiger charge is 2.41. The molecule has 1 fully saturated rings. The zero-order valence-corrected chi connectivity index (χ0v) is 14.5. The van der Waals surface area contributed by atoms with Crippen molar-refractivity contribution in [3.05, 3.63) is 29.8 Å². The molecule has 1 amide bonds. The summed E-state index contributed by atoms with van der Waals surface area (Å²) >= 11 is 0. The number of ether oxygens (including phenoxy) is 1. The molecule has 0 bridgehead atoms. The van der Waals surface area contributed by atoms with E-state index in [-0.39, 0.29) is 11.5 Å². The first-order valence-electron chi connectivity index (χ1n) is 8.82. The van der Waals surface area contributed by atoms with Crippen molar-refractivity contribution in [3.8, 4) is 5.75 Å². The highest BCUT2D eigenvalue weighted by atomic mass is 16.5. The third kappa shape index (κ3) is 3.37. The largest absolute Gasteiger partial charge is 0.485 e. The van der Waals surface area contributed by atoms with Gasteiger partial charge in [0.2, 0.25) is 5.91 Å². The lowest BCUT2D eigenvalue weighted by Crippen LogP contribution is -2.55. The third-order valence-corrected chi connectivity index (χ3v) is 5.23. The summed E-state index contributed by atoms with van der Waals surface area (Å²) in [7, 11) is 0. The summed E-state index contributed by atoms with van der Waals surface area (Å²) in [6, 6.07) is 8.74. The standard InChI is InChI=1S/C19H28N2O2/c1-4-18(22)21-13-16-7-5-6-8-17(16)23-19(14-21)9-11-20(12-10-19)15(2)3/h5-8,15H,4,9-14H2,1-3H3. The van der Waals surface area contributed by atoms with Crippen LogP contribution in [-0.2, 0) is 11.3 Å². The molecule has 0 aromatic heterocycles. The number of hydrogen-bond donors (Lipinski definition) is 0. The van der Waals surface area contributed by atoms with E-state index in [0.29, 0.717) is 25.6 Å². The van der Waals surface area contributed by atoms with Crippen LogP contribution in [0.15, 0.2) is 24.3 Å². The summed E-state index contributed by atoms with van der Waals surface area (Å²) in [6.45, 7) is 9.87. The van der Waals surface area contributed by atoms with Crippen LogP contribution in [0, 0.1) is 0 Å². The first-order chi connectivity index (χ1) is 11.0. The second-order valence-electron chi connectivity index (χ2n) is 7.13. The summed E-state index contributed by atoms with van der Waals surface area (Å²) in [5, 5.41) is 0. The monoisotopic (exact) mass is 316 g/mol. The third-order valence-electron chi connectivity index (χ3n) is 5.23. The fourth-order valence-corrected chi connectivity index (χ4v) is 3.72. The zero-order chi connectivity index (χ0) is 16.4. The molecule has 23 heavy (non-hydrogen) atoms. The van der Waals surface area contributed by atoms with Crippen LogP contribution >= 0.6 is 0 Å². The molecule has 4 nitrogen and oxygen atoms in total. The Hall–Kier alpha value is -1.55. The first-order valence-corrected chi connectivity index (χ1v) is 8.82. The molecule has 2 heterocycles. The summed E-state index contributed by atoms with van der Waals surface area (Å²) in [5.74, 6) is 1.17. The SMILES string of the molecule is CCC(=O)N1Cc2ccccc2OC2(CCN(C(C)C)CC2)C1. The van der Waals surface area contributed by atoms with Gasteiger partial charge in [-0.1, -0.05) is 25.1 Å². The Bertz CT molecular complexity index is 562. The second-order valence-corrected chi connectivity index (χ2v) is 7.13. The number of likely N-dealkylation sites (tertiary alicyclic amines) is 1. The number of piperidine rings is 1. The Labute approximate surface area is 139 Å². The predicted octanol–water partition coefficient (Wildman–Crippen LogP) is 3.06. The fraction of sp³-hybridized carbons (Fsp3) is 0.632. The van der Waals surface area contributed by atoms with E-state index in [9.17, 15) is 4.79 Å². The van der Waals surface area contributed by atoms with Crippen LogP contribution in [0.25, 0.3) is 0 Å². The lowest BCUT2D eigenvalue weighted by Gasteiger charge is -2.44. The van der Waals surface area contributed by atoms with Crippen molar-refractivity contribution in [1.29, 1.82) is 0 Å². The van der Waals surface area contributed by atoms with Crippen LogP contribution in [0.1, 0.15) is 45.6 Å². The average Bonchev–Trinajstić information content (AvgIpc) is 2.71. The van der Waals surface area contributed by atoms with Gasteiger partial charge < -0.3 is 14.5 Å². The van der Waals surface area contributed by atoms with Gasteiger partial charge in [-0.15, -0.1) is 0 Å².